The van der Waals surface area contributed by atoms with E-state index in [1.54, 1.807) is 0 Å². The van der Waals surface area contributed by atoms with E-state index >= 15 is 0 Å². The lowest BCUT2D eigenvalue weighted by molar-refractivity contribution is 0.222. The van der Waals surface area contributed by atoms with E-state index in [0.29, 0.717) is 5.95 Å². The summed E-state index contributed by atoms with van der Waals surface area (Å²) < 4.78 is 5.44. The molecule has 4 N–H and O–H groups in total. The van der Waals surface area contributed by atoms with Gasteiger partial charge in [0.15, 0.2) is 0 Å². The predicted molar refractivity (Wildman–Crippen MR) is 79.5 cm³/mol. The number of hydrogen-bond donors (Lipinski definition) is 3. The molecule has 0 saturated heterocycles. The number of unbranched alkanes of at least 4 members (excludes halogenated alkanes) is 1. The summed E-state index contributed by atoms with van der Waals surface area (Å²) in [4.78, 5) is 12.3. The fourth-order valence-corrected chi connectivity index (χ4v) is 1.83. The predicted octanol–water partition coefficient (Wildman–Crippen LogP) is 1.50. The van der Waals surface area contributed by atoms with Crippen LogP contribution in [0.5, 0.6) is 6.01 Å². The van der Waals surface area contributed by atoms with Crippen molar-refractivity contribution in [1.82, 2.24) is 15.0 Å². The van der Waals surface area contributed by atoms with E-state index < -0.39 is 0 Å². The third kappa shape index (κ3) is 6.44. The second-order valence-electron chi connectivity index (χ2n) is 4.20. The minimum absolute atomic E-state index is 0.00227. The Bertz CT molecular complexity index is 376. The first-order valence-electron chi connectivity index (χ1n) is 6.28. The molecule has 108 valence electrons. The van der Waals surface area contributed by atoms with Crippen molar-refractivity contribution in [2.45, 2.75) is 32.8 Å². The Morgan fingerprint density at radius 2 is 1.95 bits per heavy atom. The minimum atomic E-state index is 0.00227. The summed E-state index contributed by atoms with van der Waals surface area (Å²) in [5.41, 5.74) is 2.41. The van der Waals surface area contributed by atoms with Crippen LogP contribution in [-0.4, -0.2) is 39.6 Å². The van der Waals surface area contributed by atoms with Crippen LogP contribution in [0.3, 0.4) is 0 Å². The SMILES string of the molecule is CSCCCCNc1nc(NN)nc(OC(C)C)n1. The van der Waals surface area contributed by atoms with Gasteiger partial charge in [0.1, 0.15) is 0 Å². The van der Waals surface area contributed by atoms with Crippen LogP contribution >= 0.6 is 11.8 Å². The van der Waals surface area contributed by atoms with Crippen LogP contribution in [0.4, 0.5) is 11.9 Å². The highest BCUT2D eigenvalue weighted by Gasteiger charge is 2.07. The van der Waals surface area contributed by atoms with Gasteiger partial charge >= 0.3 is 6.01 Å². The highest BCUT2D eigenvalue weighted by atomic mass is 32.2. The molecule has 1 aromatic rings. The highest BCUT2D eigenvalue weighted by Crippen LogP contribution is 2.12. The number of nitrogens with zero attached hydrogens (tertiary/aromatic N) is 3. The van der Waals surface area contributed by atoms with Gasteiger partial charge in [0.05, 0.1) is 6.10 Å². The van der Waals surface area contributed by atoms with Crippen LogP contribution in [0.2, 0.25) is 0 Å². The number of nitrogens with two attached hydrogens (primary N) is 1. The number of thioether (sulfide) groups is 1. The van der Waals surface area contributed by atoms with Gasteiger partial charge in [0, 0.05) is 6.54 Å². The molecular weight excluding hydrogens is 264 g/mol. The lowest BCUT2D eigenvalue weighted by atomic mass is 10.3. The normalized spacial score (nSPS) is 10.6. The Hall–Kier alpha value is -1.28. The molecule has 0 aliphatic heterocycles. The number of aromatic nitrogens is 3. The second kappa shape index (κ2) is 8.76. The van der Waals surface area contributed by atoms with Crippen LogP contribution in [-0.2, 0) is 0 Å². The van der Waals surface area contributed by atoms with E-state index in [9.17, 15) is 0 Å². The quantitative estimate of drug-likeness (QED) is 0.357. The maximum Gasteiger partial charge on any atom is 0.323 e. The van der Waals surface area contributed by atoms with Crippen LogP contribution in [0.15, 0.2) is 0 Å². The summed E-state index contributed by atoms with van der Waals surface area (Å²) in [6.07, 6.45) is 4.34. The van der Waals surface area contributed by atoms with Gasteiger partial charge in [-0.1, -0.05) is 0 Å². The molecule has 1 rings (SSSR count). The average molecular weight is 286 g/mol. The molecule has 0 spiro atoms. The maximum atomic E-state index is 5.44. The van der Waals surface area contributed by atoms with Gasteiger partial charge in [0.2, 0.25) is 11.9 Å². The summed E-state index contributed by atoms with van der Waals surface area (Å²) >= 11 is 1.85. The smallest absolute Gasteiger partial charge is 0.323 e. The van der Waals surface area contributed by atoms with Crippen LogP contribution in [0.1, 0.15) is 26.7 Å². The second-order valence-corrected chi connectivity index (χ2v) is 5.19. The van der Waals surface area contributed by atoms with Crippen LogP contribution in [0.25, 0.3) is 0 Å². The molecule has 1 aromatic heterocycles. The van der Waals surface area contributed by atoms with Crippen molar-refractivity contribution < 1.29 is 4.74 Å². The molecule has 0 radical (unpaired) electrons. The third-order valence-corrected chi connectivity index (χ3v) is 2.84. The molecule has 0 fully saturated rings. The maximum absolute atomic E-state index is 5.44. The van der Waals surface area contributed by atoms with Crippen LogP contribution in [0, 0.1) is 0 Å². The molecule has 0 atom stereocenters. The summed E-state index contributed by atoms with van der Waals surface area (Å²) in [6, 6.07) is 0.268. The van der Waals surface area contributed by atoms with Gasteiger partial charge in [-0.15, -0.1) is 0 Å². The molecule has 0 bridgehead atoms. The van der Waals surface area contributed by atoms with Crippen molar-refractivity contribution in [1.29, 1.82) is 0 Å². The number of hydrazine groups is 1. The van der Waals surface area contributed by atoms with E-state index in [-0.39, 0.29) is 18.1 Å². The molecule has 0 aliphatic carbocycles. The zero-order valence-electron chi connectivity index (χ0n) is 11.6. The Morgan fingerprint density at radius 3 is 2.58 bits per heavy atom. The molecule has 0 saturated carbocycles. The standard InChI is InChI=1S/C11H22N6OS/c1-8(2)18-11-15-9(14-10(16-11)17-12)13-6-4-5-7-19-3/h8H,4-7,12H2,1-3H3,(H2,13,14,15,16,17). The number of rotatable bonds is 9. The Morgan fingerprint density at radius 1 is 1.21 bits per heavy atom. The lowest BCUT2D eigenvalue weighted by Gasteiger charge is -2.11. The number of hydrogen-bond acceptors (Lipinski definition) is 8. The molecule has 19 heavy (non-hydrogen) atoms. The Kier molecular flexibility index (Phi) is 7.27. The largest absolute Gasteiger partial charge is 0.461 e. The summed E-state index contributed by atoms with van der Waals surface area (Å²) in [5, 5.41) is 3.14. The van der Waals surface area contributed by atoms with E-state index in [1.165, 1.54) is 0 Å². The molecule has 0 aromatic carbocycles. The summed E-state index contributed by atoms with van der Waals surface area (Å²) in [5.74, 6) is 7.25. The Balaban J connectivity index is 2.55. The van der Waals surface area contributed by atoms with Crippen molar-refractivity contribution >= 4 is 23.7 Å². The molecule has 0 amide bonds. The fourth-order valence-electron chi connectivity index (χ4n) is 1.34. The van der Waals surface area contributed by atoms with E-state index in [2.05, 4.69) is 32.0 Å². The number of nitrogen functional groups attached to an aromatic ring is 1. The average Bonchev–Trinajstić information content (AvgIpc) is 2.37. The minimum Gasteiger partial charge on any atom is -0.461 e. The van der Waals surface area contributed by atoms with Crippen molar-refractivity contribution in [3.8, 4) is 6.01 Å². The number of ether oxygens (including phenoxy) is 1. The number of nitrogens with one attached hydrogen (secondary N) is 2. The number of anilines is 2. The Labute approximate surface area is 118 Å². The van der Waals surface area contributed by atoms with E-state index in [0.717, 1.165) is 25.1 Å². The van der Waals surface area contributed by atoms with Crippen molar-refractivity contribution in [3.63, 3.8) is 0 Å². The van der Waals surface area contributed by atoms with Gasteiger partial charge < -0.3 is 10.1 Å². The molecule has 7 nitrogen and oxygen atoms in total. The first-order chi connectivity index (χ1) is 9.15. The highest BCUT2D eigenvalue weighted by molar-refractivity contribution is 7.98. The molecule has 0 unspecified atom stereocenters. The van der Waals surface area contributed by atoms with Crippen molar-refractivity contribution in [2.75, 3.05) is 29.3 Å². The molecular formula is C11H22N6OS. The third-order valence-electron chi connectivity index (χ3n) is 2.14. The first kappa shape index (κ1) is 15.8. The van der Waals surface area contributed by atoms with Gasteiger partial charge in [-0.05, 0) is 38.7 Å². The zero-order valence-corrected chi connectivity index (χ0v) is 12.5. The molecule has 1 heterocycles. The van der Waals surface area contributed by atoms with E-state index in [1.807, 2.05) is 25.6 Å². The van der Waals surface area contributed by atoms with Crippen LogP contribution < -0.4 is 21.3 Å². The van der Waals surface area contributed by atoms with Gasteiger partial charge in [-0.3, -0.25) is 5.43 Å². The lowest BCUT2D eigenvalue weighted by Crippen LogP contribution is -2.16. The zero-order chi connectivity index (χ0) is 14.1. The molecule has 0 aliphatic rings. The van der Waals surface area contributed by atoms with Crippen molar-refractivity contribution in [2.24, 2.45) is 5.84 Å². The van der Waals surface area contributed by atoms with Gasteiger partial charge in [-0.25, -0.2) is 5.84 Å². The monoisotopic (exact) mass is 286 g/mol. The summed E-state index contributed by atoms with van der Waals surface area (Å²) in [6.45, 7) is 4.64. The topological polar surface area (TPSA) is 98.0 Å². The molecule has 8 heteroatoms. The first-order valence-corrected chi connectivity index (χ1v) is 7.67. The van der Waals surface area contributed by atoms with Gasteiger partial charge in [-0.2, -0.15) is 26.7 Å². The van der Waals surface area contributed by atoms with Gasteiger partial charge in [0.25, 0.3) is 0 Å². The van der Waals surface area contributed by atoms with Crippen molar-refractivity contribution in [3.05, 3.63) is 0 Å². The fraction of sp³-hybridized carbons (Fsp3) is 0.727. The van der Waals surface area contributed by atoms with E-state index in [4.69, 9.17) is 10.6 Å². The summed E-state index contributed by atoms with van der Waals surface area (Å²) in [7, 11) is 0.